The minimum atomic E-state index is -0.308. The van der Waals surface area contributed by atoms with Crippen molar-refractivity contribution in [3.63, 3.8) is 0 Å². The molecule has 3 rings (SSSR count). The van der Waals surface area contributed by atoms with E-state index in [1.165, 1.54) is 7.11 Å². The Hall–Kier alpha value is -2.76. The van der Waals surface area contributed by atoms with Gasteiger partial charge in [0, 0.05) is 29.0 Å². The second-order valence-corrected chi connectivity index (χ2v) is 7.12. The molecule has 0 aliphatic heterocycles. The fourth-order valence-corrected chi connectivity index (χ4v) is 3.28. The quantitative estimate of drug-likeness (QED) is 0.494. The molecule has 1 N–H and O–H groups in total. The van der Waals surface area contributed by atoms with Crippen LogP contribution >= 0.6 is 23.2 Å². The first-order chi connectivity index (χ1) is 14.0. The molecule has 0 fully saturated rings. The monoisotopic (exact) mass is 429 g/mol. The Kier molecular flexibility index (Phi) is 6.96. The number of anilines is 1. The predicted molar refractivity (Wildman–Crippen MR) is 119 cm³/mol. The van der Waals surface area contributed by atoms with Crippen molar-refractivity contribution in [1.29, 1.82) is 0 Å². The Balaban J connectivity index is 1.76. The summed E-state index contributed by atoms with van der Waals surface area (Å²) in [6.07, 6.45) is 5.94. The zero-order chi connectivity index (χ0) is 20.8. The summed E-state index contributed by atoms with van der Waals surface area (Å²) < 4.78 is 6.67. The van der Waals surface area contributed by atoms with Gasteiger partial charge in [0.2, 0.25) is 0 Å². The fraction of sp³-hybridized carbons (Fsp3) is 0.182. The number of hydrogen-bond acceptors (Lipinski definition) is 4. The normalized spacial score (nSPS) is 11.0. The van der Waals surface area contributed by atoms with Crippen LogP contribution in [0.5, 0.6) is 0 Å². The van der Waals surface area contributed by atoms with E-state index in [9.17, 15) is 4.79 Å². The Morgan fingerprint density at radius 3 is 2.59 bits per heavy atom. The summed E-state index contributed by atoms with van der Waals surface area (Å²) in [5.41, 5.74) is 3.52. The van der Waals surface area contributed by atoms with Gasteiger partial charge in [-0.3, -0.25) is 4.79 Å². The first-order valence-electron chi connectivity index (χ1n) is 9.11. The molecule has 0 radical (unpaired) electrons. The minimum absolute atomic E-state index is 0.135. The van der Waals surface area contributed by atoms with Crippen LogP contribution in [0.2, 0.25) is 10.0 Å². The van der Waals surface area contributed by atoms with Crippen LogP contribution in [0, 0.1) is 0 Å². The SMILES string of the molecule is CCn1cc(-c2ccc(Cl)cc2Cl)nc1C=Cc1ccc(NCC(=O)OC)cc1. The molecule has 0 bridgehead atoms. The van der Waals surface area contributed by atoms with Crippen LogP contribution in [0.15, 0.2) is 48.7 Å². The minimum Gasteiger partial charge on any atom is -0.468 e. The lowest BCUT2D eigenvalue weighted by Crippen LogP contribution is -2.14. The topological polar surface area (TPSA) is 56.2 Å². The van der Waals surface area contributed by atoms with Gasteiger partial charge in [-0.25, -0.2) is 4.98 Å². The van der Waals surface area contributed by atoms with Crippen molar-refractivity contribution in [2.24, 2.45) is 0 Å². The number of nitrogens with zero attached hydrogens (tertiary/aromatic N) is 2. The Morgan fingerprint density at radius 1 is 1.17 bits per heavy atom. The molecular formula is C22H21Cl2N3O2. The summed E-state index contributed by atoms with van der Waals surface area (Å²) in [5.74, 6) is 0.526. The number of imidazole rings is 1. The van der Waals surface area contributed by atoms with Gasteiger partial charge in [-0.1, -0.05) is 41.4 Å². The molecule has 0 amide bonds. The molecular weight excluding hydrogens is 409 g/mol. The van der Waals surface area contributed by atoms with Gasteiger partial charge in [-0.2, -0.15) is 0 Å². The van der Waals surface area contributed by atoms with E-state index in [0.29, 0.717) is 10.0 Å². The lowest BCUT2D eigenvalue weighted by atomic mass is 10.2. The number of aryl methyl sites for hydroxylation is 1. The summed E-state index contributed by atoms with van der Waals surface area (Å²) in [7, 11) is 1.37. The van der Waals surface area contributed by atoms with Crippen LogP contribution in [-0.4, -0.2) is 29.2 Å². The van der Waals surface area contributed by atoms with E-state index < -0.39 is 0 Å². The average molecular weight is 430 g/mol. The molecule has 7 heteroatoms. The molecule has 0 aliphatic carbocycles. The van der Waals surface area contributed by atoms with E-state index in [-0.39, 0.29) is 12.5 Å². The fourth-order valence-electron chi connectivity index (χ4n) is 2.77. The van der Waals surface area contributed by atoms with Gasteiger partial charge in [0.05, 0.1) is 17.8 Å². The maximum absolute atomic E-state index is 11.2. The number of methoxy groups -OCH3 is 1. The highest BCUT2D eigenvalue weighted by Crippen LogP contribution is 2.30. The summed E-state index contributed by atoms with van der Waals surface area (Å²) in [6.45, 7) is 2.98. The third-order valence-electron chi connectivity index (χ3n) is 4.36. The van der Waals surface area contributed by atoms with Crippen molar-refractivity contribution in [3.8, 4) is 11.3 Å². The number of carbonyl (C=O) groups excluding carboxylic acids is 1. The summed E-state index contributed by atoms with van der Waals surface area (Å²) >= 11 is 12.3. The molecule has 2 aromatic carbocycles. The first-order valence-corrected chi connectivity index (χ1v) is 9.87. The summed E-state index contributed by atoms with van der Waals surface area (Å²) in [4.78, 5) is 15.9. The third-order valence-corrected chi connectivity index (χ3v) is 4.90. The maximum atomic E-state index is 11.2. The van der Waals surface area contributed by atoms with Gasteiger partial charge in [-0.05, 0) is 48.9 Å². The zero-order valence-electron chi connectivity index (χ0n) is 16.2. The lowest BCUT2D eigenvalue weighted by molar-refractivity contribution is -0.138. The summed E-state index contributed by atoms with van der Waals surface area (Å²) in [6, 6.07) is 13.1. The molecule has 0 aliphatic rings. The lowest BCUT2D eigenvalue weighted by Gasteiger charge is -2.05. The standard InChI is InChI=1S/C22H21Cl2N3O2/c1-3-27-14-20(18-10-7-16(23)12-19(18)24)26-21(27)11-6-15-4-8-17(9-5-15)25-13-22(28)29-2/h4-12,14,25H,3,13H2,1-2H3. The smallest absolute Gasteiger partial charge is 0.325 e. The predicted octanol–water partition coefficient (Wildman–Crippen LogP) is 5.63. The number of esters is 1. The van der Waals surface area contributed by atoms with Gasteiger partial charge >= 0.3 is 5.97 Å². The number of halogens is 2. The van der Waals surface area contributed by atoms with Crippen molar-refractivity contribution in [2.45, 2.75) is 13.5 Å². The van der Waals surface area contributed by atoms with Gasteiger partial charge < -0.3 is 14.6 Å². The first kappa shape index (κ1) is 21.0. The Morgan fingerprint density at radius 2 is 1.93 bits per heavy atom. The molecule has 29 heavy (non-hydrogen) atoms. The van der Waals surface area contributed by atoms with E-state index in [0.717, 1.165) is 34.9 Å². The number of benzene rings is 2. The van der Waals surface area contributed by atoms with Gasteiger partial charge in [-0.15, -0.1) is 0 Å². The van der Waals surface area contributed by atoms with Gasteiger partial charge in [0.1, 0.15) is 12.4 Å². The molecule has 3 aromatic rings. The number of rotatable bonds is 7. The highest BCUT2D eigenvalue weighted by molar-refractivity contribution is 6.36. The second-order valence-electron chi connectivity index (χ2n) is 6.28. The average Bonchev–Trinajstić information content (AvgIpc) is 3.14. The molecule has 0 unspecified atom stereocenters. The van der Waals surface area contributed by atoms with E-state index in [1.807, 2.05) is 48.7 Å². The molecule has 5 nitrogen and oxygen atoms in total. The van der Waals surface area contributed by atoms with Crippen molar-refractivity contribution >= 4 is 47.0 Å². The van der Waals surface area contributed by atoms with Crippen LogP contribution in [0.25, 0.3) is 23.4 Å². The molecule has 0 saturated carbocycles. The number of nitrogens with one attached hydrogen (secondary N) is 1. The largest absolute Gasteiger partial charge is 0.468 e. The van der Waals surface area contributed by atoms with Gasteiger partial charge in [0.25, 0.3) is 0 Å². The van der Waals surface area contributed by atoms with Crippen LogP contribution in [-0.2, 0) is 16.1 Å². The highest BCUT2D eigenvalue weighted by Gasteiger charge is 2.10. The molecule has 0 atom stereocenters. The highest BCUT2D eigenvalue weighted by atomic mass is 35.5. The Labute approximate surface area is 179 Å². The van der Waals surface area contributed by atoms with Crippen molar-refractivity contribution < 1.29 is 9.53 Å². The van der Waals surface area contributed by atoms with E-state index in [2.05, 4.69) is 21.5 Å². The Bertz CT molecular complexity index is 1030. The molecule has 150 valence electrons. The van der Waals surface area contributed by atoms with Crippen molar-refractivity contribution in [2.75, 3.05) is 19.0 Å². The van der Waals surface area contributed by atoms with Gasteiger partial charge in [0.15, 0.2) is 0 Å². The third kappa shape index (κ3) is 5.40. The number of aromatic nitrogens is 2. The van der Waals surface area contributed by atoms with E-state index >= 15 is 0 Å². The molecule has 0 spiro atoms. The van der Waals surface area contributed by atoms with Crippen LogP contribution < -0.4 is 5.32 Å². The maximum Gasteiger partial charge on any atom is 0.325 e. The molecule has 0 saturated heterocycles. The number of ether oxygens (including phenoxy) is 1. The van der Waals surface area contributed by atoms with Crippen LogP contribution in [0.3, 0.4) is 0 Å². The van der Waals surface area contributed by atoms with Crippen LogP contribution in [0.1, 0.15) is 18.3 Å². The van der Waals surface area contributed by atoms with Crippen LogP contribution in [0.4, 0.5) is 5.69 Å². The zero-order valence-corrected chi connectivity index (χ0v) is 17.7. The van der Waals surface area contributed by atoms with Crippen molar-refractivity contribution in [1.82, 2.24) is 9.55 Å². The molecule has 1 aromatic heterocycles. The number of carbonyl (C=O) groups is 1. The summed E-state index contributed by atoms with van der Waals surface area (Å²) in [5, 5.41) is 4.18. The second kappa shape index (κ2) is 9.63. The number of hydrogen-bond donors (Lipinski definition) is 1. The van der Waals surface area contributed by atoms with E-state index in [1.54, 1.807) is 12.1 Å². The molecule has 1 heterocycles. The van der Waals surface area contributed by atoms with Crippen molar-refractivity contribution in [3.05, 3.63) is 70.1 Å². The van der Waals surface area contributed by atoms with E-state index in [4.69, 9.17) is 28.2 Å².